The van der Waals surface area contributed by atoms with Crippen LogP contribution < -0.4 is 4.90 Å². The second kappa shape index (κ2) is 9.98. The van der Waals surface area contributed by atoms with Gasteiger partial charge in [0.15, 0.2) is 0 Å². The molecule has 0 saturated carbocycles. The van der Waals surface area contributed by atoms with Gasteiger partial charge in [0.2, 0.25) is 5.91 Å². The molecule has 7 nitrogen and oxygen atoms in total. The van der Waals surface area contributed by atoms with Crippen LogP contribution in [0.25, 0.3) is 0 Å². The van der Waals surface area contributed by atoms with E-state index in [4.69, 9.17) is 9.72 Å². The van der Waals surface area contributed by atoms with E-state index in [-0.39, 0.29) is 52.5 Å². The Balaban J connectivity index is 0.00000320. The minimum atomic E-state index is -4.25. The third-order valence-electron chi connectivity index (χ3n) is 7.32. The number of halogens is 4. The maximum atomic E-state index is 14.3. The number of imidazole rings is 1. The average molecular weight is 525 g/mol. The Hall–Kier alpha value is -3.11. The van der Waals surface area contributed by atoms with Crippen LogP contribution in [0.2, 0.25) is 0 Å². The fourth-order valence-corrected chi connectivity index (χ4v) is 5.65. The molecule has 1 spiro atoms. The maximum Gasteiger partial charge on any atom is 0.409 e. The summed E-state index contributed by atoms with van der Waals surface area (Å²) < 4.78 is 59.6. The minimum absolute atomic E-state index is 0. The first-order valence-electron chi connectivity index (χ1n) is 12.3. The van der Waals surface area contributed by atoms with Crippen molar-refractivity contribution in [2.45, 2.75) is 77.6 Å². The van der Waals surface area contributed by atoms with E-state index in [1.165, 1.54) is 21.9 Å². The van der Waals surface area contributed by atoms with Crippen LogP contribution in [0.5, 0.6) is 0 Å². The predicted molar refractivity (Wildman–Crippen MR) is 129 cm³/mol. The molecule has 0 atom stereocenters. The van der Waals surface area contributed by atoms with E-state index >= 15 is 0 Å². The van der Waals surface area contributed by atoms with Gasteiger partial charge in [-0.05, 0) is 56.7 Å². The minimum Gasteiger partial charge on any atom is -0.450 e. The molecule has 2 amide bonds. The molecule has 2 aliphatic heterocycles. The highest BCUT2D eigenvalue weighted by Gasteiger charge is 2.59. The van der Waals surface area contributed by atoms with Crippen molar-refractivity contribution < 1.29 is 31.9 Å². The van der Waals surface area contributed by atoms with Gasteiger partial charge in [-0.2, -0.15) is 13.2 Å². The molecule has 3 heterocycles. The summed E-state index contributed by atoms with van der Waals surface area (Å²) in [5.74, 6) is -0.268. The number of anilines is 1. The first-order valence-corrected chi connectivity index (χ1v) is 12.3. The number of fused-ring (bicyclic) bond motifs is 3. The van der Waals surface area contributed by atoms with Crippen molar-refractivity contribution in [3.8, 4) is 0 Å². The summed E-state index contributed by atoms with van der Waals surface area (Å²) in [6.45, 7) is 2.33. The number of nitrogens with zero attached hydrogens (tertiary/aromatic N) is 4. The van der Waals surface area contributed by atoms with Gasteiger partial charge in [-0.25, -0.2) is 14.2 Å². The largest absolute Gasteiger partial charge is 0.450 e. The molecule has 2 aromatic rings. The summed E-state index contributed by atoms with van der Waals surface area (Å²) in [6, 6.07) is 4.17. The summed E-state index contributed by atoms with van der Waals surface area (Å²) in [5, 5.41) is 0. The lowest BCUT2D eigenvalue weighted by atomic mass is 9.75. The number of carbonyl (C=O) groups is 2. The van der Waals surface area contributed by atoms with Gasteiger partial charge in [0, 0.05) is 31.7 Å². The standard InChI is InChI=1S/C25H28F4N4O3.CH4/c1-2-36-23(35)31-14-24(15-31)17-9-8-16(26)12-20(17)33(22(24)34)13-21-30-18-6-3-4-7-19(18)32(21)11-5-10-25(27,28)29;/h8-9,12H,2-7,10-11,13-15H2,1H3;1H4. The SMILES string of the molecule is C.CCOC(=O)N1CC2(C1)C(=O)N(Cc1nc3c(n1CCCC(F)(F)F)CCCC3)c1cc(F)ccc12. The molecular weight excluding hydrogens is 492 g/mol. The van der Waals surface area contributed by atoms with Crippen LogP contribution in [0.3, 0.4) is 0 Å². The van der Waals surface area contributed by atoms with Crippen molar-refractivity contribution in [3.63, 3.8) is 0 Å². The number of aryl methyl sites for hydroxylation is 1. The summed E-state index contributed by atoms with van der Waals surface area (Å²) >= 11 is 0. The molecule has 1 aliphatic carbocycles. The molecule has 5 rings (SSSR count). The van der Waals surface area contributed by atoms with E-state index in [1.807, 2.05) is 4.57 Å². The summed E-state index contributed by atoms with van der Waals surface area (Å²) in [7, 11) is 0. The monoisotopic (exact) mass is 524 g/mol. The third-order valence-corrected chi connectivity index (χ3v) is 7.32. The molecule has 0 bridgehead atoms. The number of aromatic nitrogens is 2. The van der Waals surface area contributed by atoms with Gasteiger partial charge in [-0.15, -0.1) is 0 Å². The second-order valence-corrected chi connectivity index (χ2v) is 9.69. The van der Waals surface area contributed by atoms with E-state index in [9.17, 15) is 27.2 Å². The fourth-order valence-electron chi connectivity index (χ4n) is 5.65. The molecule has 1 aromatic carbocycles. The Morgan fingerprint density at radius 2 is 1.92 bits per heavy atom. The van der Waals surface area contributed by atoms with Gasteiger partial charge in [0.1, 0.15) is 17.1 Å². The Bertz CT molecular complexity index is 1190. The number of benzene rings is 1. The topological polar surface area (TPSA) is 67.7 Å². The van der Waals surface area contributed by atoms with E-state index in [1.54, 1.807) is 13.0 Å². The number of hydrogen-bond acceptors (Lipinski definition) is 4. The van der Waals surface area contributed by atoms with E-state index < -0.39 is 29.9 Å². The van der Waals surface area contributed by atoms with Gasteiger partial charge in [0.25, 0.3) is 0 Å². The summed E-state index contributed by atoms with van der Waals surface area (Å²) in [5.41, 5.74) is 1.83. The lowest BCUT2D eigenvalue weighted by molar-refractivity contribution is -0.136. The predicted octanol–water partition coefficient (Wildman–Crippen LogP) is 5.14. The zero-order valence-electron chi connectivity index (χ0n) is 20.0. The number of ether oxygens (including phenoxy) is 1. The molecule has 1 saturated heterocycles. The first-order chi connectivity index (χ1) is 17.1. The second-order valence-electron chi connectivity index (χ2n) is 9.69. The Morgan fingerprint density at radius 1 is 1.19 bits per heavy atom. The van der Waals surface area contributed by atoms with Gasteiger partial charge >= 0.3 is 12.3 Å². The quantitative estimate of drug-likeness (QED) is 0.491. The van der Waals surface area contributed by atoms with Gasteiger partial charge in [-0.3, -0.25) is 4.79 Å². The number of hydrogen-bond donors (Lipinski definition) is 0. The number of likely N-dealkylation sites (tertiary alicyclic amines) is 1. The number of rotatable bonds is 6. The highest BCUT2D eigenvalue weighted by Crippen LogP contribution is 2.48. The van der Waals surface area contributed by atoms with Crippen LogP contribution in [-0.2, 0) is 40.9 Å². The van der Waals surface area contributed by atoms with Crippen LogP contribution in [0.15, 0.2) is 18.2 Å². The summed E-state index contributed by atoms with van der Waals surface area (Å²) in [6.07, 6.45) is -2.39. The molecule has 202 valence electrons. The van der Waals surface area contributed by atoms with Crippen LogP contribution in [0, 0.1) is 5.82 Å². The van der Waals surface area contributed by atoms with Crippen molar-refractivity contribution in [1.82, 2.24) is 14.5 Å². The Morgan fingerprint density at radius 3 is 2.62 bits per heavy atom. The van der Waals surface area contributed by atoms with Gasteiger partial charge in [0.05, 0.1) is 24.5 Å². The molecule has 1 fully saturated rings. The first kappa shape index (κ1) is 26.9. The fraction of sp³-hybridized carbons (Fsp3) is 0.577. The lowest BCUT2D eigenvalue weighted by Gasteiger charge is -2.45. The van der Waals surface area contributed by atoms with Crippen molar-refractivity contribution in [2.75, 3.05) is 24.6 Å². The Kier molecular flexibility index (Phi) is 7.27. The van der Waals surface area contributed by atoms with Gasteiger partial charge < -0.3 is 19.1 Å². The average Bonchev–Trinajstić information content (AvgIpc) is 3.25. The number of alkyl halides is 3. The number of carbonyl (C=O) groups excluding carboxylic acids is 2. The zero-order chi connectivity index (χ0) is 25.7. The molecule has 1 aromatic heterocycles. The maximum absolute atomic E-state index is 14.3. The molecule has 11 heteroatoms. The van der Waals surface area contributed by atoms with Crippen LogP contribution in [0.1, 0.15) is 62.8 Å². The lowest BCUT2D eigenvalue weighted by Crippen LogP contribution is -2.65. The van der Waals surface area contributed by atoms with Crippen molar-refractivity contribution >= 4 is 17.7 Å². The summed E-state index contributed by atoms with van der Waals surface area (Å²) in [4.78, 5) is 33.5. The molecular formula is C26H32F4N4O3. The highest BCUT2D eigenvalue weighted by atomic mass is 19.4. The third kappa shape index (κ3) is 4.80. The zero-order valence-corrected chi connectivity index (χ0v) is 20.0. The normalized spacial score (nSPS) is 17.8. The van der Waals surface area contributed by atoms with E-state index in [0.29, 0.717) is 17.1 Å². The molecule has 37 heavy (non-hydrogen) atoms. The Labute approximate surface area is 213 Å². The molecule has 0 unspecified atom stereocenters. The van der Waals surface area contributed by atoms with Crippen LogP contribution in [0.4, 0.5) is 28.0 Å². The van der Waals surface area contributed by atoms with E-state index in [2.05, 4.69) is 0 Å². The molecule has 0 radical (unpaired) electrons. The van der Waals surface area contributed by atoms with Crippen LogP contribution >= 0.6 is 0 Å². The van der Waals surface area contributed by atoms with E-state index in [0.717, 1.165) is 37.1 Å². The van der Waals surface area contributed by atoms with Gasteiger partial charge in [-0.1, -0.05) is 13.5 Å². The molecule has 3 aliphatic rings. The van der Waals surface area contributed by atoms with Crippen molar-refractivity contribution in [1.29, 1.82) is 0 Å². The molecule has 0 N–H and O–H groups in total. The smallest absolute Gasteiger partial charge is 0.409 e. The number of amides is 2. The van der Waals surface area contributed by atoms with Crippen LogP contribution in [-0.4, -0.2) is 52.3 Å². The van der Waals surface area contributed by atoms with Crippen molar-refractivity contribution in [2.24, 2.45) is 0 Å². The highest BCUT2D eigenvalue weighted by molar-refractivity contribution is 6.09. The van der Waals surface area contributed by atoms with Crippen molar-refractivity contribution in [3.05, 3.63) is 46.8 Å².